The van der Waals surface area contributed by atoms with Crippen molar-refractivity contribution in [1.82, 2.24) is 24.9 Å². The van der Waals surface area contributed by atoms with Crippen LogP contribution in [0.4, 0.5) is 10.5 Å². The van der Waals surface area contributed by atoms with E-state index in [1.165, 1.54) is 0 Å². The molecule has 2 amide bonds. The van der Waals surface area contributed by atoms with Crippen molar-refractivity contribution in [2.75, 3.05) is 5.32 Å². The van der Waals surface area contributed by atoms with Crippen LogP contribution in [0.5, 0.6) is 0 Å². The first-order valence-electron chi connectivity index (χ1n) is 10.0. The fraction of sp³-hybridized carbons (Fsp3) is 0.261. The van der Waals surface area contributed by atoms with E-state index in [4.69, 9.17) is 16.7 Å². The SMILES string of the molecule is Cn1ncc2c(NC(=O)NCc3cc(C(C)(C)C)nn3-c3cccc(Cl)c3)cccc21. The van der Waals surface area contributed by atoms with Crippen LogP contribution >= 0.6 is 11.6 Å². The second kappa shape index (κ2) is 8.07. The Morgan fingerprint density at radius 3 is 2.65 bits per heavy atom. The van der Waals surface area contributed by atoms with E-state index in [0.717, 1.165) is 28.0 Å². The first-order chi connectivity index (χ1) is 14.7. The zero-order chi connectivity index (χ0) is 22.2. The van der Waals surface area contributed by atoms with Gasteiger partial charge >= 0.3 is 6.03 Å². The van der Waals surface area contributed by atoms with Crippen LogP contribution in [0.25, 0.3) is 16.6 Å². The van der Waals surface area contributed by atoms with Gasteiger partial charge in [0.05, 0.1) is 41.0 Å². The summed E-state index contributed by atoms with van der Waals surface area (Å²) >= 11 is 6.18. The average molecular weight is 437 g/mol. The highest BCUT2D eigenvalue weighted by molar-refractivity contribution is 6.30. The van der Waals surface area contributed by atoms with Crippen LogP contribution in [0.3, 0.4) is 0 Å². The van der Waals surface area contributed by atoms with E-state index in [-0.39, 0.29) is 11.4 Å². The van der Waals surface area contributed by atoms with Gasteiger partial charge in [-0.05, 0) is 36.4 Å². The summed E-state index contributed by atoms with van der Waals surface area (Å²) in [6, 6.07) is 14.9. The van der Waals surface area contributed by atoms with Gasteiger partial charge in [-0.15, -0.1) is 0 Å². The first-order valence-corrected chi connectivity index (χ1v) is 10.4. The number of aromatic nitrogens is 4. The summed E-state index contributed by atoms with van der Waals surface area (Å²) < 4.78 is 3.60. The largest absolute Gasteiger partial charge is 0.332 e. The monoisotopic (exact) mass is 436 g/mol. The highest BCUT2D eigenvalue weighted by Crippen LogP contribution is 2.25. The van der Waals surface area contributed by atoms with Gasteiger partial charge in [0.15, 0.2) is 0 Å². The molecule has 2 aromatic heterocycles. The number of carbonyl (C=O) groups excluding carboxylic acids is 1. The number of rotatable bonds is 4. The molecule has 0 aliphatic carbocycles. The number of urea groups is 1. The van der Waals surface area contributed by atoms with Gasteiger partial charge in [0, 0.05) is 22.9 Å². The van der Waals surface area contributed by atoms with Crippen molar-refractivity contribution >= 4 is 34.2 Å². The van der Waals surface area contributed by atoms with E-state index in [0.29, 0.717) is 17.3 Å². The normalized spacial score (nSPS) is 11.6. The lowest BCUT2D eigenvalue weighted by Crippen LogP contribution is -2.29. The number of carbonyl (C=O) groups is 1. The number of benzene rings is 2. The number of nitrogens with zero attached hydrogens (tertiary/aromatic N) is 4. The molecule has 0 bridgehead atoms. The van der Waals surface area contributed by atoms with Gasteiger partial charge in [-0.2, -0.15) is 10.2 Å². The van der Waals surface area contributed by atoms with Gasteiger partial charge in [0.1, 0.15) is 0 Å². The molecule has 7 nitrogen and oxygen atoms in total. The molecule has 0 unspecified atom stereocenters. The van der Waals surface area contributed by atoms with Crippen molar-refractivity contribution in [2.24, 2.45) is 7.05 Å². The molecular weight excluding hydrogens is 412 g/mol. The molecule has 31 heavy (non-hydrogen) atoms. The lowest BCUT2D eigenvalue weighted by molar-refractivity contribution is 0.251. The quantitative estimate of drug-likeness (QED) is 0.471. The molecule has 4 aromatic rings. The standard InChI is InChI=1S/C23H25ClN6O/c1-23(2,3)21-12-17(30(28-21)16-8-5-7-15(24)11-16)13-25-22(31)27-19-9-6-10-20-18(19)14-26-29(20)4/h5-12,14H,13H2,1-4H3,(H2,25,27,31). The molecule has 0 saturated carbocycles. The second-order valence-electron chi connectivity index (χ2n) is 8.48. The minimum atomic E-state index is -0.299. The zero-order valence-electron chi connectivity index (χ0n) is 18.0. The Morgan fingerprint density at radius 2 is 1.90 bits per heavy atom. The van der Waals surface area contributed by atoms with Crippen LogP contribution in [-0.2, 0) is 19.0 Å². The van der Waals surface area contributed by atoms with Crippen LogP contribution in [0.15, 0.2) is 54.7 Å². The molecule has 0 radical (unpaired) electrons. The molecule has 0 saturated heterocycles. The van der Waals surface area contributed by atoms with Crippen LogP contribution in [0, 0.1) is 0 Å². The molecule has 8 heteroatoms. The number of fused-ring (bicyclic) bond motifs is 1. The van der Waals surface area contributed by atoms with E-state index in [1.807, 2.05) is 60.3 Å². The van der Waals surface area contributed by atoms with Gasteiger partial charge in [-0.1, -0.05) is 44.5 Å². The zero-order valence-corrected chi connectivity index (χ0v) is 18.7. The molecule has 0 atom stereocenters. The third-order valence-electron chi connectivity index (χ3n) is 5.07. The summed E-state index contributed by atoms with van der Waals surface area (Å²) in [5, 5.41) is 16.4. The van der Waals surface area contributed by atoms with Crippen LogP contribution in [-0.4, -0.2) is 25.6 Å². The summed E-state index contributed by atoms with van der Waals surface area (Å²) in [4.78, 5) is 12.6. The van der Waals surface area contributed by atoms with Crippen molar-refractivity contribution in [3.63, 3.8) is 0 Å². The fourth-order valence-electron chi connectivity index (χ4n) is 3.37. The molecule has 2 aromatic carbocycles. The minimum absolute atomic E-state index is 0.128. The summed E-state index contributed by atoms with van der Waals surface area (Å²) in [6.07, 6.45) is 1.74. The maximum atomic E-state index is 12.6. The smallest absolute Gasteiger partial charge is 0.319 e. The Balaban J connectivity index is 1.56. The molecule has 0 spiro atoms. The number of amides is 2. The maximum Gasteiger partial charge on any atom is 0.319 e. The van der Waals surface area contributed by atoms with Gasteiger partial charge in [-0.3, -0.25) is 4.68 Å². The van der Waals surface area contributed by atoms with E-state index < -0.39 is 0 Å². The fourth-order valence-corrected chi connectivity index (χ4v) is 3.55. The Hall–Kier alpha value is -3.32. The molecule has 2 heterocycles. The predicted molar refractivity (Wildman–Crippen MR) is 124 cm³/mol. The van der Waals surface area contributed by atoms with Crippen LogP contribution < -0.4 is 10.6 Å². The first kappa shape index (κ1) is 20.9. The number of nitrogens with one attached hydrogen (secondary N) is 2. The van der Waals surface area contributed by atoms with E-state index >= 15 is 0 Å². The second-order valence-corrected chi connectivity index (χ2v) is 8.91. The molecule has 4 rings (SSSR count). The summed E-state index contributed by atoms with van der Waals surface area (Å²) in [5.41, 5.74) is 4.18. The van der Waals surface area contributed by atoms with E-state index in [1.54, 1.807) is 10.9 Å². The minimum Gasteiger partial charge on any atom is -0.332 e. The third-order valence-corrected chi connectivity index (χ3v) is 5.31. The highest BCUT2D eigenvalue weighted by atomic mass is 35.5. The van der Waals surface area contributed by atoms with Crippen LogP contribution in [0.1, 0.15) is 32.2 Å². The molecule has 0 aliphatic rings. The van der Waals surface area contributed by atoms with Crippen molar-refractivity contribution in [3.8, 4) is 5.69 Å². The van der Waals surface area contributed by atoms with Crippen molar-refractivity contribution < 1.29 is 4.79 Å². The number of anilines is 1. The van der Waals surface area contributed by atoms with E-state index in [2.05, 4.69) is 36.5 Å². The topological polar surface area (TPSA) is 76.8 Å². The predicted octanol–water partition coefficient (Wildman–Crippen LogP) is 5.03. The van der Waals surface area contributed by atoms with Gasteiger partial charge in [-0.25, -0.2) is 9.48 Å². The Labute approximate surface area is 186 Å². The summed E-state index contributed by atoms with van der Waals surface area (Å²) in [6.45, 7) is 6.63. The van der Waals surface area contributed by atoms with Gasteiger partial charge < -0.3 is 10.6 Å². The number of halogens is 1. The molecule has 2 N–H and O–H groups in total. The van der Waals surface area contributed by atoms with Crippen LogP contribution in [0.2, 0.25) is 5.02 Å². The van der Waals surface area contributed by atoms with Crippen molar-refractivity contribution in [1.29, 1.82) is 0 Å². The van der Waals surface area contributed by atoms with Crippen molar-refractivity contribution in [3.05, 3.63) is 71.1 Å². The maximum absolute atomic E-state index is 12.6. The summed E-state index contributed by atoms with van der Waals surface area (Å²) in [5.74, 6) is 0. The molecular formula is C23H25ClN6O. The highest BCUT2D eigenvalue weighted by Gasteiger charge is 2.21. The average Bonchev–Trinajstić information content (AvgIpc) is 3.31. The Bertz CT molecular complexity index is 1250. The van der Waals surface area contributed by atoms with E-state index in [9.17, 15) is 4.79 Å². The Morgan fingerprint density at radius 1 is 1.13 bits per heavy atom. The van der Waals surface area contributed by atoms with Gasteiger partial charge in [0.25, 0.3) is 0 Å². The summed E-state index contributed by atoms with van der Waals surface area (Å²) in [7, 11) is 1.87. The molecule has 160 valence electrons. The molecule has 0 aliphatic heterocycles. The number of aryl methyl sites for hydroxylation is 1. The lowest BCUT2D eigenvalue weighted by Gasteiger charge is -2.14. The lowest BCUT2D eigenvalue weighted by atomic mass is 9.92. The number of hydrogen-bond donors (Lipinski definition) is 2. The van der Waals surface area contributed by atoms with Gasteiger partial charge in [0.2, 0.25) is 0 Å². The Kier molecular flexibility index (Phi) is 5.45. The third kappa shape index (κ3) is 4.41. The molecule has 0 fully saturated rings. The van der Waals surface area contributed by atoms with Crippen molar-refractivity contribution in [2.45, 2.75) is 32.7 Å². The number of hydrogen-bond acceptors (Lipinski definition) is 3.